The zero-order valence-electron chi connectivity index (χ0n) is 18.7. The Labute approximate surface area is 193 Å². The molecule has 9 heteroatoms. The van der Waals surface area contributed by atoms with Crippen LogP contribution < -0.4 is 20.3 Å². The lowest BCUT2D eigenvalue weighted by Crippen LogP contribution is -2.43. The summed E-state index contributed by atoms with van der Waals surface area (Å²) in [5.41, 5.74) is 1.01. The number of aromatic nitrogens is 2. The number of thioether (sulfide) groups is 1. The van der Waals surface area contributed by atoms with Gasteiger partial charge in [0.1, 0.15) is 10.8 Å². The molecule has 0 bridgehead atoms. The summed E-state index contributed by atoms with van der Waals surface area (Å²) in [6.07, 6.45) is 2.79. The van der Waals surface area contributed by atoms with Crippen molar-refractivity contribution in [2.75, 3.05) is 37.4 Å². The van der Waals surface area contributed by atoms with Gasteiger partial charge < -0.3 is 20.3 Å². The smallest absolute Gasteiger partial charge is 0.230 e. The van der Waals surface area contributed by atoms with E-state index in [1.165, 1.54) is 11.8 Å². The molecule has 0 radical (unpaired) electrons. The van der Waals surface area contributed by atoms with Crippen LogP contribution in [0.25, 0.3) is 0 Å². The zero-order valence-corrected chi connectivity index (χ0v) is 19.5. The van der Waals surface area contributed by atoms with Crippen LogP contribution in [0.1, 0.15) is 31.7 Å². The fourth-order valence-corrected chi connectivity index (χ4v) is 4.13. The Hall–Kier alpha value is -2.81. The first-order valence-electron chi connectivity index (χ1n) is 11.0. The number of amides is 2. The monoisotopic (exact) mass is 457 g/mol. The highest BCUT2D eigenvalue weighted by Crippen LogP contribution is 2.23. The van der Waals surface area contributed by atoms with Gasteiger partial charge in [0.2, 0.25) is 11.8 Å². The lowest BCUT2D eigenvalue weighted by atomic mass is 9.97. The molecule has 1 atom stereocenters. The number of nitrogens with zero attached hydrogens (tertiary/aromatic N) is 3. The molecule has 2 heterocycles. The van der Waals surface area contributed by atoms with Gasteiger partial charge in [-0.2, -0.15) is 0 Å². The van der Waals surface area contributed by atoms with Gasteiger partial charge in [0.15, 0.2) is 5.82 Å². The van der Waals surface area contributed by atoms with E-state index in [-0.39, 0.29) is 23.5 Å². The Bertz CT molecular complexity index is 876. The summed E-state index contributed by atoms with van der Waals surface area (Å²) in [5.74, 6) is 1.88. The van der Waals surface area contributed by atoms with E-state index in [2.05, 4.69) is 25.7 Å². The van der Waals surface area contributed by atoms with Crippen molar-refractivity contribution in [2.24, 2.45) is 5.92 Å². The molecule has 0 aliphatic carbocycles. The van der Waals surface area contributed by atoms with Gasteiger partial charge in [-0.3, -0.25) is 9.59 Å². The normalized spacial score (nSPS) is 15.8. The van der Waals surface area contributed by atoms with Crippen LogP contribution in [-0.2, 0) is 16.1 Å². The maximum Gasteiger partial charge on any atom is 0.230 e. The van der Waals surface area contributed by atoms with Crippen LogP contribution in [0.2, 0.25) is 0 Å². The second kappa shape index (κ2) is 12.3. The van der Waals surface area contributed by atoms with Crippen LogP contribution in [0, 0.1) is 5.92 Å². The van der Waals surface area contributed by atoms with E-state index in [9.17, 15) is 9.59 Å². The number of carbonyl (C=O) groups excluding carboxylic acids is 2. The molecule has 8 nitrogen and oxygen atoms in total. The first-order valence-corrected chi connectivity index (χ1v) is 12.0. The Morgan fingerprint density at radius 1 is 1.16 bits per heavy atom. The van der Waals surface area contributed by atoms with Crippen molar-refractivity contribution in [2.45, 2.75) is 37.8 Å². The molecule has 1 saturated heterocycles. The standard InChI is InChI=1S/C23H31N5O3S/c1-3-12-24-23(30)18-5-4-13-28(15-18)20-10-11-22(27-26-20)32-16-21(29)25-14-17-6-8-19(31-2)9-7-17/h6-11,18H,3-5,12-16H2,1-2H3,(H,24,30)(H,25,29). The maximum atomic E-state index is 12.3. The van der Waals surface area contributed by atoms with Crippen molar-refractivity contribution in [3.8, 4) is 5.75 Å². The van der Waals surface area contributed by atoms with E-state index < -0.39 is 0 Å². The first-order chi connectivity index (χ1) is 15.6. The van der Waals surface area contributed by atoms with E-state index in [0.29, 0.717) is 24.7 Å². The maximum absolute atomic E-state index is 12.3. The molecule has 172 valence electrons. The molecule has 2 N–H and O–H groups in total. The Morgan fingerprint density at radius 3 is 2.66 bits per heavy atom. The number of methoxy groups -OCH3 is 1. The number of piperidine rings is 1. The summed E-state index contributed by atoms with van der Waals surface area (Å²) in [7, 11) is 1.62. The van der Waals surface area contributed by atoms with Gasteiger partial charge in [-0.15, -0.1) is 10.2 Å². The number of carbonyl (C=O) groups is 2. The first kappa shape index (κ1) is 23.8. The number of hydrogen-bond donors (Lipinski definition) is 2. The molecular weight excluding hydrogens is 426 g/mol. The van der Waals surface area contributed by atoms with Crippen LogP contribution in [0.3, 0.4) is 0 Å². The summed E-state index contributed by atoms with van der Waals surface area (Å²) < 4.78 is 5.13. The SMILES string of the molecule is CCCNC(=O)C1CCCN(c2ccc(SCC(=O)NCc3ccc(OC)cc3)nn2)C1. The highest BCUT2D eigenvalue weighted by molar-refractivity contribution is 7.99. The molecule has 32 heavy (non-hydrogen) atoms. The second-order valence-electron chi connectivity index (χ2n) is 7.72. The summed E-state index contributed by atoms with van der Waals surface area (Å²) in [6.45, 7) is 4.76. The minimum atomic E-state index is -0.0614. The molecule has 2 amide bonds. The molecule has 1 aliphatic heterocycles. The fraction of sp³-hybridized carbons (Fsp3) is 0.478. The third-order valence-corrected chi connectivity index (χ3v) is 6.21. The zero-order chi connectivity index (χ0) is 22.8. The van der Waals surface area contributed by atoms with E-state index in [1.807, 2.05) is 43.3 Å². The average molecular weight is 458 g/mol. The number of benzene rings is 1. The molecule has 2 aromatic rings. The molecule has 1 aromatic carbocycles. The topological polar surface area (TPSA) is 96.5 Å². The number of anilines is 1. The van der Waals surface area contributed by atoms with E-state index >= 15 is 0 Å². The van der Waals surface area contributed by atoms with Gasteiger partial charge in [-0.05, 0) is 49.1 Å². The van der Waals surface area contributed by atoms with Crippen LogP contribution >= 0.6 is 11.8 Å². The Morgan fingerprint density at radius 2 is 1.97 bits per heavy atom. The van der Waals surface area contributed by atoms with Gasteiger partial charge in [0.05, 0.1) is 18.8 Å². The van der Waals surface area contributed by atoms with Crippen molar-refractivity contribution in [3.63, 3.8) is 0 Å². The van der Waals surface area contributed by atoms with Crippen molar-refractivity contribution >= 4 is 29.4 Å². The van der Waals surface area contributed by atoms with E-state index in [4.69, 9.17) is 4.74 Å². The summed E-state index contributed by atoms with van der Waals surface area (Å²) in [5, 5.41) is 15.2. The van der Waals surface area contributed by atoms with Gasteiger partial charge in [-0.1, -0.05) is 30.8 Å². The van der Waals surface area contributed by atoms with Gasteiger partial charge in [0.25, 0.3) is 0 Å². The predicted octanol–water partition coefficient (Wildman–Crippen LogP) is 2.64. The molecular formula is C23H31N5O3S. The van der Waals surface area contributed by atoms with Crippen molar-refractivity contribution in [1.82, 2.24) is 20.8 Å². The molecule has 1 aliphatic rings. The van der Waals surface area contributed by atoms with Crippen LogP contribution in [0.5, 0.6) is 5.75 Å². The molecule has 0 spiro atoms. The van der Waals surface area contributed by atoms with Crippen LogP contribution in [0.4, 0.5) is 5.82 Å². The molecule has 1 fully saturated rings. The third kappa shape index (κ3) is 7.12. The largest absolute Gasteiger partial charge is 0.497 e. The quantitative estimate of drug-likeness (QED) is 0.530. The van der Waals surface area contributed by atoms with Gasteiger partial charge in [-0.25, -0.2) is 0 Å². The molecule has 1 aromatic heterocycles. The van der Waals surface area contributed by atoms with Gasteiger partial charge in [0, 0.05) is 26.2 Å². The highest BCUT2D eigenvalue weighted by Gasteiger charge is 2.26. The Balaban J connectivity index is 1.43. The summed E-state index contributed by atoms with van der Waals surface area (Å²) in [4.78, 5) is 26.6. The van der Waals surface area contributed by atoms with Crippen LogP contribution in [-0.4, -0.2) is 54.5 Å². The number of hydrogen-bond acceptors (Lipinski definition) is 7. The fourth-order valence-electron chi connectivity index (χ4n) is 3.48. The highest BCUT2D eigenvalue weighted by atomic mass is 32.2. The van der Waals surface area contributed by atoms with Crippen LogP contribution in [0.15, 0.2) is 41.4 Å². The van der Waals surface area contributed by atoms with Crippen molar-refractivity contribution in [3.05, 3.63) is 42.0 Å². The Kier molecular flexibility index (Phi) is 9.15. The predicted molar refractivity (Wildman–Crippen MR) is 126 cm³/mol. The lowest BCUT2D eigenvalue weighted by molar-refractivity contribution is -0.125. The second-order valence-corrected chi connectivity index (χ2v) is 8.72. The van der Waals surface area contributed by atoms with E-state index in [0.717, 1.165) is 42.9 Å². The molecule has 0 saturated carbocycles. The van der Waals surface area contributed by atoms with E-state index in [1.54, 1.807) is 7.11 Å². The molecule has 1 unspecified atom stereocenters. The summed E-state index contributed by atoms with van der Waals surface area (Å²) in [6, 6.07) is 11.4. The number of ether oxygens (including phenoxy) is 1. The number of rotatable bonds is 10. The summed E-state index contributed by atoms with van der Waals surface area (Å²) >= 11 is 1.35. The van der Waals surface area contributed by atoms with Gasteiger partial charge >= 0.3 is 0 Å². The number of nitrogens with one attached hydrogen (secondary N) is 2. The molecule has 3 rings (SSSR count). The van der Waals surface area contributed by atoms with Crippen molar-refractivity contribution < 1.29 is 14.3 Å². The lowest BCUT2D eigenvalue weighted by Gasteiger charge is -2.32. The minimum Gasteiger partial charge on any atom is -0.497 e. The van der Waals surface area contributed by atoms with Crippen molar-refractivity contribution in [1.29, 1.82) is 0 Å². The third-order valence-electron chi connectivity index (χ3n) is 5.29. The average Bonchev–Trinajstić information content (AvgIpc) is 2.85. The minimum absolute atomic E-state index is 0.0134.